The van der Waals surface area contributed by atoms with Crippen molar-refractivity contribution in [2.24, 2.45) is 0 Å². The Morgan fingerprint density at radius 1 is 1.08 bits per heavy atom. The second-order valence-electron chi connectivity index (χ2n) is 5.16. The Balaban J connectivity index is 2.13. The van der Waals surface area contributed by atoms with E-state index < -0.39 is 45.8 Å². The van der Waals surface area contributed by atoms with E-state index in [0.29, 0.717) is 5.02 Å². The lowest BCUT2D eigenvalue weighted by Gasteiger charge is -2.12. The number of carbonyl (C=O) groups is 1. The standard InChI is InChI=1S/C16H10ClF3N4O/c1-6-22-13-9(15(21)23-6)10(18)11(19)14(12(13)20)24-16(25)7-2-4-8(17)5-3-7/h2-5H,1H3,(H,24,25)(H2,21,22,23). The lowest BCUT2D eigenvalue weighted by Crippen LogP contribution is -2.16. The number of halogens is 4. The normalized spacial score (nSPS) is 10.9. The lowest BCUT2D eigenvalue weighted by atomic mass is 10.1. The van der Waals surface area contributed by atoms with Crippen LogP contribution in [0.1, 0.15) is 16.2 Å². The van der Waals surface area contributed by atoms with Crippen LogP contribution in [0.3, 0.4) is 0 Å². The van der Waals surface area contributed by atoms with Gasteiger partial charge in [-0.2, -0.15) is 0 Å². The number of carbonyl (C=O) groups excluding carboxylic acids is 1. The Labute approximate surface area is 144 Å². The summed E-state index contributed by atoms with van der Waals surface area (Å²) in [7, 11) is 0. The van der Waals surface area contributed by atoms with E-state index in [1.54, 1.807) is 0 Å². The van der Waals surface area contributed by atoms with Gasteiger partial charge in [0.15, 0.2) is 17.5 Å². The minimum Gasteiger partial charge on any atom is -0.383 e. The molecular weight excluding hydrogens is 357 g/mol. The monoisotopic (exact) mass is 366 g/mol. The summed E-state index contributed by atoms with van der Waals surface area (Å²) in [4.78, 5) is 19.6. The van der Waals surface area contributed by atoms with Crippen molar-refractivity contribution in [1.29, 1.82) is 0 Å². The highest BCUT2D eigenvalue weighted by Crippen LogP contribution is 2.32. The molecule has 0 aliphatic rings. The summed E-state index contributed by atoms with van der Waals surface area (Å²) in [5.74, 6) is -5.44. The van der Waals surface area contributed by atoms with E-state index in [1.807, 2.05) is 5.32 Å². The number of hydrogen-bond acceptors (Lipinski definition) is 4. The van der Waals surface area contributed by atoms with Gasteiger partial charge in [0.1, 0.15) is 22.8 Å². The summed E-state index contributed by atoms with van der Waals surface area (Å²) in [6, 6.07) is 5.58. The third kappa shape index (κ3) is 2.96. The Bertz CT molecular complexity index is 1010. The van der Waals surface area contributed by atoms with Crippen LogP contribution in [0.4, 0.5) is 24.7 Å². The van der Waals surface area contributed by atoms with Gasteiger partial charge < -0.3 is 11.1 Å². The van der Waals surface area contributed by atoms with Gasteiger partial charge in [-0.3, -0.25) is 4.79 Å². The largest absolute Gasteiger partial charge is 0.383 e. The number of aromatic nitrogens is 2. The average molecular weight is 367 g/mol. The van der Waals surface area contributed by atoms with Crippen molar-refractivity contribution in [3.8, 4) is 0 Å². The van der Waals surface area contributed by atoms with Gasteiger partial charge in [-0.1, -0.05) is 11.6 Å². The predicted molar refractivity (Wildman–Crippen MR) is 88.0 cm³/mol. The van der Waals surface area contributed by atoms with E-state index in [9.17, 15) is 18.0 Å². The molecule has 0 saturated heterocycles. The van der Waals surface area contributed by atoms with E-state index in [0.717, 1.165) is 0 Å². The maximum Gasteiger partial charge on any atom is 0.255 e. The van der Waals surface area contributed by atoms with Gasteiger partial charge in [0, 0.05) is 10.6 Å². The topological polar surface area (TPSA) is 80.9 Å². The van der Waals surface area contributed by atoms with E-state index >= 15 is 0 Å². The zero-order valence-electron chi connectivity index (χ0n) is 12.7. The molecule has 0 aliphatic carbocycles. The van der Waals surface area contributed by atoms with Crippen LogP contribution in [0.15, 0.2) is 24.3 Å². The van der Waals surface area contributed by atoms with Crippen molar-refractivity contribution in [3.63, 3.8) is 0 Å². The van der Waals surface area contributed by atoms with Crippen LogP contribution in [0.25, 0.3) is 10.9 Å². The second-order valence-corrected chi connectivity index (χ2v) is 5.59. The smallest absolute Gasteiger partial charge is 0.255 e. The highest BCUT2D eigenvalue weighted by molar-refractivity contribution is 6.30. The first kappa shape index (κ1) is 17.0. The molecular formula is C16H10ClF3N4O. The fourth-order valence-corrected chi connectivity index (χ4v) is 2.43. The van der Waals surface area contributed by atoms with Crippen molar-refractivity contribution in [2.45, 2.75) is 6.92 Å². The van der Waals surface area contributed by atoms with Gasteiger partial charge in [0.2, 0.25) is 0 Å². The van der Waals surface area contributed by atoms with Gasteiger partial charge in [-0.15, -0.1) is 0 Å². The van der Waals surface area contributed by atoms with Crippen molar-refractivity contribution < 1.29 is 18.0 Å². The minimum absolute atomic E-state index is 0.0740. The molecule has 0 radical (unpaired) electrons. The molecule has 3 N–H and O–H groups in total. The molecule has 5 nitrogen and oxygen atoms in total. The lowest BCUT2D eigenvalue weighted by molar-refractivity contribution is 0.102. The molecule has 2 aromatic carbocycles. The van der Waals surface area contributed by atoms with Gasteiger partial charge in [0.05, 0.1) is 5.39 Å². The molecule has 0 fully saturated rings. The minimum atomic E-state index is -1.59. The first-order valence-corrected chi connectivity index (χ1v) is 7.34. The Morgan fingerprint density at radius 3 is 2.36 bits per heavy atom. The molecule has 25 heavy (non-hydrogen) atoms. The van der Waals surface area contributed by atoms with E-state index in [1.165, 1.54) is 31.2 Å². The number of aryl methyl sites for hydroxylation is 1. The molecule has 9 heteroatoms. The van der Waals surface area contributed by atoms with Crippen LogP contribution in [0.2, 0.25) is 5.02 Å². The fraction of sp³-hybridized carbons (Fsp3) is 0.0625. The molecule has 0 spiro atoms. The average Bonchev–Trinajstić information content (AvgIpc) is 2.56. The molecule has 3 rings (SSSR count). The zero-order chi connectivity index (χ0) is 18.3. The quantitative estimate of drug-likeness (QED) is 0.675. The maximum atomic E-state index is 14.6. The maximum absolute atomic E-state index is 14.6. The van der Waals surface area contributed by atoms with E-state index in [4.69, 9.17) is 17.3 Å². The SMILES string of the molecule is Cc1nc(N)c2c(F)c(F)c(NC(=O)c3ccc(Cl)cc3)c(F)c2n1. The van der Waals surface area contributed by atoms with Crippen molar-refractivity contribution in [2.75, 3.05) is 11.1 Å². The van der Waals surface area contributed by atoms with Crippen LogP contribution < -0.4 is 11.1 Å². The van der Waals surface area contributed by atoms with Crippen LogP contribution in [-0.2, 0) is 0 Å². The Hall–Kier alpha value is -2.87. The molecule has 1 aromatic heterocycles. The number of amides is 1. The Kier molecular flexibility index (Phi) is 4.22. The number of hydrogen-bond donors (Lipinski definition) is 2. The molecule has 1 heterocycles. The molecule has 0 aliphatic heterocycles. The third-order valence-corrected chi connectivity index (χ3v) is 3.70. The summed E-state index contributed by atoms with van der Waals surface area (Å²) >= 11 is 5.72. The number of nitrogens with zero attached hydrogens (tertiary/aromatic N) is 2. The molecule has 0 saturated carbocycles. The van der Waals surface area contributed by atoms with E-state index in [2.05, 4.69) is 9.97 Å². The van der Waals surface area contributed by atoms with Crippen LogP contribution in [0, 0.1) is 24.4 Å². The first-order valence-electron chi connectivity index (χ1n) is 6.96. The van der Waals surface area contributed by atoms with Crippen molar-refractivity contribution >= 4 is 39.9 Å². The summed E-state index contributed by atoms with van der Waals surface area (Å²) in [5.41, 5.74) is 4.14. The van der Waals surface area contributed by atoms with Crippen LogP contribution >= 0.6 is 11.6 Å². The summed E-state index contributed by atoms with van der Waals surface area (Å²) in [5, 5.41) is 1.82. The number of benzene rings is 2. The van der Waals surface area contributed by atoms with Gasteiger partial charge in [-0.25, -0.2) is 23.1 Å². The van der Waals surface area contributed by atoms with Crippen molar-refractivity contribution in [1.82, 2.24) is 9.97 Å². The zero-order valence-corrected chi connectivity index (χ0v) is 13.5. The summed E-state index contributed by atoms with van der Waals surface area (Å²) < 4.78 is 43.1. The molecule has 3 aromatic rings. The summed E-state index contributed by atoms with van der Waals surface area (Å²) in [6.45, 7) is 1.42. The number of rotatable bonds is 2. The van der Waals surface area contributed by atoms with E-state index in [-0.39, 0.29) is 11.4 Å². The molecule has 0 bridgehead atoms. The fourth-order valence-electron chi connectivity index (χ4n) is 2.30. The number of nitrogens with one attached hydrogen (secondary N) is 1. The number of fused-ring (bicyclic) bond motifs is 1. The number of nitrogens with two attached hydrogens (primary N) is 1. The van der Waals surface area contributed by atoms with Crippen LogP contribution in [0.5, 0.6) is 0 Å². The van der Waals surface area contributed by atoms with Gasteiger partial charge >= 0.3 is 0 Å². The molecule has 0 unspecified atom stereocenters. The molecule has 0 atom stereocenters. The highest BCUT2D eigenvalue weighted by atomic mass is 35.5. The van der Waals surface area contributed by atoms with Gasteiger partial charge in [-0.05, 0) is 31.2 Å². The summed E-state index contributed by atoms with van der Waals surface area (Å²) in [6.07, 6.45) is 0. The number of nitrogen functional groups attached to an aromatic ring is 1. The molecule has 1 amide bonds. The first-order chi connectivity index (χ1) is 11.8. The second kappa shape index (κ2) is 6.21. The Morgan fingerprint density at radius 2 is 1.72 bits per heavy atom. The molecule has 128 valence electrons. The van der Waals surface area contributed by atoms with Crippen LogP contribution in [-0.4, -0.2) is 15.9 Å². The number of anilines is 2. The van der Waals surface area contributed by atoms with Crippen molar-refractivity contribution in [3.05, 3.63) is 58.1 Å². The third-order valence-electron chi connectivity index (χ3n) is 3.45. The highest BCUT2D eigenvalue weighted by Gasteiger charge is 2.25. The van der Waals surface area contributed by atoms with Gasteiger partial charge in [0.25, 0.3) is 5.91 Å². The predicted octanol–water partition coefficient (Wildman–Crippen LogP) is 3.84.